The number of amides is 3. The average molecular weight is 469 g/mol. The third kappa shape index (κ3) is 6.19. The number of aryl methyl sites for hydroxylation is 2. The van der Waals surface area contributed by atoms with E-state index in [-0.39, 0.29) is 23.2 Å². The fourth-order valence-corrected chi connectivity index (χ4v) is 3.67. The van der Waals surface area contributed by atoms with Crippen molar-refractivity contribution in [3.05, 3.63) is 52.0 Å². The highest BCUT2D eigenvalue weighted by molar-refractivity contribution is 7.17. The van der Waals surface area contributed by atoms with E-state index in [9.17, 15) is 14.7 Å². The first-order chi connectivity index (χ1) is 15.4. The Labute approximate surface area is 196 Å². The number of aromatic nitrogens is 2. The lowest BCUT2D eigenvalue weighted by atomic mass is 10.1. The second kappa shape index (κ2) is 9.45. The summed E-state index contributed by atoms with van der Waals surface area (Å²) in [6.45, 7) is 11.2. The molecule has 0 aliphatic rings. The molecule has 0 saturated carbocycles. The zero-order valence-electron chi connectivity index (χ0n) is 19.5. The lowest BCUT2D eigenvalue weighted by Crippen LogP contribution is -2.43. The molecule has 0 bridgehead atoms. The fraction of sp³-hybridized carbons (Fsp3) is 0.304. The van der Waals surface area contributed by atoms with Crippen LogP contribution in [0, 0.1) is 20.8 Å². The molecule has 5 N–H and O–H groups in total. The van der Waals surface area contributed by atoms with Gasteiger partial charge in [0.05, 0.1) is 11.9 Å². The van der Waals surface area contributed by atoms with Crippen molar-refractivity contribution in [3.63, 3.8) is 0 Å². The average Bonchev–Trinajstić information content (AvgIpc) is 3.18. The smallest absolute Gasteiger partial charge is 0.320 e. The summed E-state index contributed by atoms with van der Waals surface area (Å²) in [6.07, 6.45) is 1.48. The summed E-state index contributed by atoms with van der Waals surface area (Å²) in [4.78, 5) is 34.0. The molecule has 10 heteroatoms. The molecule has 0 aliphatic carbocycles. The van der Waals surface area contributed by atoms with E-state index in [0.29, 0.717) is 32.9 Å². The van der Waals surface area contributed by atoms with E-state index in [1.54, 1.807) is 25.1 Å². The molecular formula is C23H28N6O3S. The van der Waals surface area contributed by atoms with Gasteiger partial charge < -0.3 is 21.1 Å². The number of anilines is 4. The number of thiazole rings is 1. The summed E-state index contributed by atoms with van der Waals surface area (Å²) in [5.74, 6) is 0.698. The SMILES string of the molecule is Cc1ccc(NC(=O)NC(C)(C)C)nc1Nc1ncc(C(=O)Nc2c(C)ccc(O)c2C)s1. The number of carbonyl (C=O) groups is 2. The van der Waals surface area contributed by atoms with Gasteiger partial charge in [0.2, 0.25) is 0 Å². The lowest BCUT2D eigenvalue weighted by Gasteiger charge is -2.20. The van der Waals surface area contributed by atoms with E-state index in [1.807, 2.05) is 40.7 Å². The maximum Gasteiger partial charge on any atom is 0.320 e. The van der Waals surface area contributed by atoms with Gasteiger partial charge in [0.15, 0.2) is 5.13 Å². The van der Waals surface area contributed by atoms with Gasteiger partial charge in [0, 0.05) is 11.1 Å². The van der Waals surface area contributed by atoms with Crippen LogP contribution in [0.2, 0.25) is 0 Å². The predicted molar refractivity (Wildman–Crippen MR) is 132 cm³/mol. The number of carbonyl (C=O) groups excluding carboxylic acids is 2. The van der Waals surface area contributed by atoms with Gasteiger partial charge in [-0.1, -0.05) is 23.5 Å². The van der Waals surface area contributed by atoms with Crippen LogP contribution < -0.4 is 21.3 Å². The second-order valence-electron chi connectivity index (χ2n) is 8.70. The van der Waals surface area contributed by atoms with E-state index in [0.717, 1.165) is 11.1 Å². The van der Waals surface area contributed by atoms with Crippen LogP contribution >= 0.6 is 11.3 Å². The van der Waals surface area contributed by atoms with Crippen molar-refractivity contribution in [2.45, 2.75) is 47.1 Å². The number of benzene rings is 1. The zero-order valence-corrected chi connectivity index (χ0v) is 20.3. The Balaban J connectivity index is 1.72. The van der Waals surface area contributed by atoms with Crippen LogP contribution in [0.3, 0.4) is 0 Å². The van der Waals surface area contributed by atoms with Gasteiger partial charge in [-0.25, -0.2) is 14.8 Å². The standard InChI is InChI=1S/C23H28N6O3S/c1-12-7-9-15(30)14(3)18(12)27-20(31)16-11-24-22(33-16)28-19-13(2)8-10-17(25-19)26-21(32)29-23(4,5)6/h7-11,30H,1-6H3,(H,27,31)(H3,24,25,26,28,29,32). The largest absolute Gasteiger partial charge is 0.508 e. The summed E-state index contributed by atoms with van der Waals surface area (Å²) in [5, 5.41) is 21.9. The number of hydrogen-bond donors (Lipinski definition) is 5. The van der Waals surface area contributed by atoms with Crippen molar-refractivity contribution >= 4 is 45.7 Å². The number of pyridine rings is 1. The van der Waals surface area contributed by atoms with Crippen LogP contribution in [0.1, 0.15) is 47.1 Å². The first kappa shape index (κ1) is 24.0. The van der Waals surface area contributed by atoms with E-state index in [1.165, 1.54) is 17.5 Å². The molecule has 0 saturated heterocycles. The highest BCUT2D eigenvalue weighted by Crippen LogP contribution is 2.30. The summed E-state index contributed by atoms with van der Waals surface area (Å²) in [7, 11) is 0. The van der Waals surface area contributed by atoms with Crippen LogP contribution in [0.5, 0.6) is 5.75 Å². The summed E-state index contributed by atoms with van der Waals surface area (Å²) in [6, 6.07) is 6.53. The van der Waals surface area contributed by atoms with Crippen molar-refractivity contribution < 1.29 is 14.7 Å². The molecule has 0 unspecified atom stereocenters. The predicted octanol–water partition coefficient (Wildman–Crippen LogP) is 5.08. The van der Waals surface area contributed by atoms with Gasteiger partial charge in [0.1, 0.15) is 22.3 Å². The van der Waals surface area contributed by atoms with Crippen LogP contribution in [-0.4, -0.2) is 32.6 Å². The van der Waals surface area contributed by atoms with Gasteiger partial charge in [0.25, 0.3) is 5.91 Å². The quantitative estimate of drug-likeness (QED) is 0.355. The highest BCUT2D eigenvalue weighted by atomic mass is 32.1. The van der Waals surface area contributed by atoms with Crippen molar-refractivity contribution in [1.29, 1.82) is 0 Å². The molecule has 33 heavy (non-hydrogen) atoms. The fourth-order valence-electron chi connectivity index (χ4n) is 2.95. The topological polar surface area (TPSA) is 128 Å². The van der Waals surface area contributed by atoms with Crippen LogP contribution in [0.15, 0.2) is 30.5 Å². The highest BCUT2D eigenvalue weighted by Gasteiger charge is 2.17. The van der Waals surface area contributed by atoms with Gasteiger partial charge in [-0.3, -0.25) is 10.1 Å². The van der Waals surface area contributed by atoms with Crippen molar-refractivity contribution in [1.82, 2.24) is 15.3 Å². The number of hydrogen-bond acceptors (Lipinski definition) is 7. The molecule has 3 aromatic rings. The zero-order chi connectivity index (χ0) is 24.3. The molecule has 2 heterocycles. The summed E-state index contributed by atoms with van der Waals surface area (Å²) >= 11 is 1.17. The minimum absolute atomic E-state index is 0.119. The Morgan fingerprint density at radius 1 is 1.00 bits per heavy atom. The Morgan fingerprint density at radius 2 is 1.70 bits per heavy atom. The van der Waals surface area contributed by atoms with Gasteiger partial charge in [-0.2, -0.15) is 0 Å². The van der Waals surface area contributed by atoms with Crippen LogP contribution in [0.4, 0.5) is 27.2 Å². The number of rotatable bonds is 5. The number of nitrogens with one attached hydrogen (secondary N) is 4. The van der Waals surface area contributed by atoms with Gasteiger partial charge in [-0.15, -0.1) is 0 Å². The van der Waals surface area contributed by atoms with Gasteiger partial charge in [-0.05, 0) is 64.8 Å². The van der Waals surface area contributed by atoms with E-state index >= 15 is 0 Å². The Bertz CT molecular complexity index is 1200. The number of phenolic OH excluding ortho intramolecular Hbond substituents is 1. The first-order valence-electron chi connectivity index (χ1n) is 10.3. The van der Waals surface area contributed by atoms with Gasteiger partial charge >= 0.3 is 6.03 Å². The molecule has 174 valence electrons. The maximum atomic E-state index is 12.7. The Morgan fingerprint density at radius 3 is 2.39 bits per heavy atom. The first-order valence-corrected chi connectivity index (χ1v) is 11.1. The molecular weight excluding hydrogens is 440 g/mol. The molecule has 0 fully saturated rings. The number of phenols is 1. The van der Waals surface area contributed by atoms with Crippen molar-refractivity contribution in [2.75, 3.05) is 16.0 Å². The number of urea groups is 1. The van der Waals surface area contributed by atoms with E-state index in [4.69, 9.17) is 0 Å². The van der Waals surface area contributed by atoms with E-state index < -0.39 is 0 Å². The second-order valence-corrected chi connectivity index (χ2v) is 9.73. The van der Waals surface area contributed by atoms with Crippen molar-refractivity contribution in [2.24, 2.45) is 0 Å². The lowest BCUT2D eigenvalue weighted by molar-refractivity contribution is 0.103. The number of nitrogens with zero attached hydrogens (tertiary/aromatic N) is 2. The third-order valence-electron chi connectivity index (χ3n) is 4.67. The third-order valence-corrected chi connectivity index (χ3v) is 5.58. The minimum Gasteiger partial charge on any atom is -0.508 e. The molecule has 9 nitrogen and oxygen atoms in total. The monoisotopic (exact) mass is 468 g/mol. The molecule has 2 aromatic heterocycles. The maximum absolute atomic E-state index is 12.7. The summed E-state index contributed by atoms with van der Waals surface area (Å²) < 4.78 is 0. The van der Waals surface area contributed by atoms with Crippen molar-refractivity contribution in [3.8, 4) is 5.75 Å². The molecule has 0 spiro atoms. The van der Waals surface area contributed by atoms with Crippen LogP contribution in [-0.2, 0) is 0 Å². The normalized spacial score (nSPS) is 11.1. The Kier molecular flexibility index (Phi) is 6.87. The minimum atomic E-state index is -0.372. The Hall–Kier alpha value is -3.66. The van der Waals surface area contributed by atoms with E-state index in [2.05, 4.69) is 31.2 Å². The molecule has 0 radical (unpaired) electrons. The number of aromatic hydroxyl groups is 1. The molecule has 0 aliphatic heterocycles. The summed E-state index contributed by atoms with van der Waals surface area (Å²) in [5.41, 5.74) is 2.51. The molecule has 3 amide bonds. The molecule has 1 aromatic carbocycles. The molecule has 0 atom stereocenters. The van der Waals surface area contributed by atoms with Crippen LogP contribution in [0.25, 0.3) is 0 Å². The molecule has 3 rings (SSSR count).